The highest BCUT2D eigenvalue weighted by Gasteiger charge is 2.30. The molecule has 0 radical (unpaired) electrons. The summed E-state index contributed by atoms with van der Waals surface area (Å²) in [5.41, 5.74) is 0.549. The average molecular weight is 278 g/mol. The zero-order valence-electron chi connectivity index (χ0n) is 10.2. The molecule has 20 heavy (non-hydrogen) atoms. The Bertz CT molecular complexity index is 632. The molecule has 1 aliphatic rings. The first-order valence-electron chi connectivity index (χ1n) is 5.94. The monoisotopic (exact) mass is 278 g/mol. The number of aromatic nitrogens is 3. The predicted octanol–water partition coefficient (Wildman–Crippen LogP) is 0.548. The number of carbonyl (C=O) groups excluding carboxylic acids is 1. The van der Waals surface area contributed by atoms with Crippen LogP contribution in [0.3, 0.4) is 0 Å². The van der Waals surface area contributed by atoms with Crippen LogP contribution < -0.4 is 5.32 Å². The average Bonchev–Trinajstić information content (AvgIpc) is 3.09. The first kappa shape index (κ1) is 12.5. The third-order valence-electron chi connectivity index (χ3n) is 3.04. The fourth-order valence-electron chi connectivity index (χ4n) is 2.03. The summed E-state index contributed by atoms with van der Waals surface area (Å²) in [6.07, 6.45) is 0.546. The number of aliphatic hydroxyl groups is 1. The Balaban J connectivity index is 1.85. The van der Waals surface area contributed by atoms with Gasteiger partial charge in [-0.05, 0) is 17.7 Å². The van der Waals surface area contributed by atoms with Crippen LogP contribution in [0.25, 0.3) is 5.69 Å². The fourth-order valence-corrected chi connectivity index (χ4v) is 2.03. The van der Waals surface area contributed by atoms with Gasteiger partial charge in [-0.15, -0.1) is 5.10 Å². The van der Waals surface area contributed by atoms with Crippen LogP contribution >= 0.6 is 0 Å². The Labute approximate surface area is 113 Å². The number of ether oxygens (including phenoxy) is 1. The van der Waals surface area contributed by atoms with E-state index in [1.165, 1.54) is 29.2 Å². The highest BCUT2D eigenvalue weighted by atomic mass is 19.1. The van der Waals surface area contributed by atoms with E-state index in [4.69, 9.17) is 4.74 Å². The second-order valence-corrected chi connectivity index (χ2v) is 4.33. The number of rotatable bonds is 3. The number of halogens is 1. The molecule has 2 heterocycles. The molecular formula is C12H11FN4O3. The normalized spacial score (nSPS) is 19.5. The molecule has 3 rings (SSSR count). The van der Waals surface area contributed by atoms with E-state index in [1.54, 1.807) is 6.07 Å². The second kappa shape index (κ2) is 4.89. The van der Waals surface area contributed by atoms with Crippen molar-refractivity contribution in [2.24, 2.45) is 0 Å². The maximum Gasteiger partial charge on any atom is 0.407 e. The molecule has 2 N–H and O–H groups in total. The van der Waals surface area contributed by atoms with E-state index in [0.29, 0.717) is 5.56 Å². The van der Waals surface area contributed by atoms with Crippen molar-refractivity contribution in [1.82, 2.24) is 20.3 Å². The number of cyclic esters (lactones) is 1. The Morgan fingerprint density at radius 1 is 1.55 bits per heavy atom. The molecular weight excluding hydrogens is 267 g/mol. The van der Waals surface area contributed by atoms with Crippen LogP contribution in [-0.4, -0.2) is 38.8 Å². The van der Waals surface area contributed by atoms with Gasteiger partial charge >= 0.3 is 6.09 Å². The van der Waals surface area contributed by atoms with Gasteiger partial charge in [0.05, 0.1) is 18.9 Å². The van der Waals surface area contributed by atoms with Crippen LogP contribution in [0.2, 0.25) is 0 Å². The maximum absolute atomic E-state index is 14.0. The largest absolute Gasteiger partial charge is 0.441 e. The minimum atomic E-state index is -1.09. The van der Waals surface area contributed by atoms with Gasteiger partial charge in [-0.3, -0.25) is 0 Å². The topological polar surface area (TPSA) is 89.3 Å². The van der Waals surface area contributed by atoms with Crippen molar-refractivity contribution in [3.8, 4) is 5.69 Å². The van der Waals surface area contributed by atoms with Gasteiger partial charge < -0.3 is 15.2 Å². The lowest BCUT2D eigenvalue weighted by Gasteiger charge is -2.16. The number of nitrogens with one attached hydrogen (secondary N) is 1. The number of hydrogen-bond acceptors (Lipinski definition) is 5. The van der Waals surface area contributed by atoms with Crippen LogP contribution in [0.4, 0.5) is 9.18 Å². The van der Waals surface area contributed by atoms with Crippen molar-refractivity contribution in [3.05, 3.63) is 42.0 Å². The van der Waals surface area contributed by atoms with Crippen LogP contribution in [0.1, 0.15) is 11.7 Å². The fraction of sp³-hybridized carbons (Fsp3) is 0.250. The Kier molecular flexibility index (Phi) is 3.07. The van der Waals surface area contributed by atoms with Crippen molar-refractivity contribution in [2.45, 2.75) is 12.2 Å². The predicted molar refractivity (Wildman–Crippen MR) is 64.5 cm³/mol. The molecule has 1 amide bonds. The van der Waals surface area contributed by atoms with E-state index < -0.39 is 24.1 Å². The Hall–Kier alpha value is -2.48. The van der Waals surface area contributed by atoms with Crippen LogP contribution in [0.15, 0.2) is 30.6 Å². The summed E-state index contributed by atoms with van der Waals surface area (Å²) < 4.78 is 20.2. The number of amides is 1. The van der Waals surface area contributed by atoms with Crippen molar-refractivity contribution >= 4 is 6.09 Å². The van der Waals surface area contributed by atoms with Crippen molar-refractivity contribution < 1.29 is 19.0 Å². The number of benzene rings is 1. The third-order valence-corrected chi connectivity index (χ3v) is 3.04. The molecule has 1 aliphatic heterocycles. The minimum Gasteiger partial charge on any atom is -0.441 e. The summed E-state index contributed by atoms with van der Waals surface area (Å²) in [5, 5.41) is 19.8. The standard InChI is InChI=1S/C12H11FN4O3/c13-8-5-7(11(18)10-6-14-12(19)20-10)1-2-9(8)17-4-3-15-16-17/h1-5,10-11,18H,6H2,(H,14,19). The molecule has 1 aromatic carbocycles. The third kappa shape index (κ3) is 2.21. The molecule has 7 nitrogen and oxygen atoms in total. The highest BCUT2D eigenvalue weighted by molar-refractivity contribution is 5.69. The molecule has 2 atom stereocenters. The van der Waals surface area contributed by atoms with Crippen molar-refractivity contribution in [1.29, 1.82) is 0 Å². The molecule has 104 valence electrons. The van der Waals surface area contributed by atoms with Gasteiger partial charge in [0.25, 0.3) is 0 Å². The Morgan fingerprint density at radius 3 is 3.00 bits per heavy atom. The lowest BCUT2D eigenvalue weighted by molar-refractivity contribution is 0.0318. The quantitative estimate of drug-likeness (QED) is 0.855. The van der Waals surface area contributed by atoms with Gasteiger partial charge in [0, 0.05) is 0 Å². The molecule has 0 saturated carbocycles. The zero-order valence-corrected chi connectivity index (χ0v) is 10.2. The molecule has 1 fully saturated rings. The molecule has 2 aromatic rings. The molecule has 8 heteroatoms. The zero-order chi connectivity index (χ0) is 14.1. The number of nitrogens with zero attached hydrogens (tertiary/aromatic N) is 3. The molecule has 1 saturated heterocycles. The van der Waals surface area contributed by atoms with Crippen molar-refractivity contribution in [2.75, 3.05) is 6.54 Å². The minimum absolute atomic E-state index is 0.187. The second-order valence-electron chi connectivity index (χ2n) is 4.33. The lowest BCUT2D eigenvalue weighted by Crippen LogP contribution is -2.22. The SMILES string of the molecule is O=C1NCC(C(O)c2ccc(-n3ccnn3)c(F)c2)O1. The van der Waals surface area contributed by atoms with E-state index in [-0.39, 0.29) is 12.2 Å². The molecule has 2 unspecified atom stereocenters. The summed E-state index contributed by atoms with van der Waals surface area (Å²) in [6.45, 7) is 0.187. The van der Waals surface area contributed by atoms with E-state index >= 15 is 0 Å². The summed E-state index contributed by atoms with van der Waals surface area (Å²) >= 11 is 0. The van der Waals surface area contributed by atoms with E-state index in [0.717, 1.165) is 0 Å². The lowest BCUT2D eigenvalue weighted by atomic mass is 10.0. The van der Waals surface area contributed by atoms with Crippen LogP contribution in [0.5, 0.6) is 0 Å². The summed E-state index contributed by atoms with van der Waals surface area (Å²) in [5.74, 6) is -0.552. The maximum atomic E-state index is 14.0. The van der Waals surface area contributed by atoms with Gasteiger partial charge in [0.15, 0.2) is 6.10 Å². The number of aliphatic hydroxyl groups excluding tert-OH is 1. The van der Waals surface area contributed by atoms with Crippen LogP contribution in [-0.2, 0) is 4.74 Å². The van der Waals surface area contributed by atoms with Gasteiger partial charge in [-0.1, -0.05) is 11.3 Å². The smallest absolute Gasteiger partial charge is 0.407 e. The van der Waals surface area contributed by atoms with Crippen LogP contribution in [0, 0.1) is 5.82 Å². The first-order valence-corrected chi connectivity index (χ1v) is 5.94. The first-order chi connectivity index (χ1) is 9.65. The number of hydrogen-bond donors (Lipinski definition) is 2. The van der Waals surface area contributed by atoms with Gasteiger partial charge in [-0.25, -0.2) is 13.9 Å². The number of alkyl carbamates (subject to hydrolysis) is 1. The van der Waals surface area contributed by atoms with Gasteiger partial charge in [-0.2, -0.15) is 0 Å². The highest BCUT2D eigenvalue weighted by Crippen LogP contribution is 2.24. The summed E-state index contributed by atoms with van der Waals surface area (Å²) in [4.78, 5) is 10.9. The van der Waals surface area contributed by atoms with Gasteiger partial charge in [0.1, 0.15) is 17.6 Å². The summed E-state index contributed by atoms with van der Waals surface area (Å²) in [7, 11) is 0. The van der Waals surface area contributed by atoms with Gasteiger partial charge in [0.2, 0.25) is 0 Å². The molecule has 0 bridgehead atoms. The Morgan fingerprint density at radius 2 is 2.40 bits per heavy atom. The molecule has 1 aromatic heterocycles. The van der Waals surface area contributed by atoms with Crippen molar-refractivity contribution in [3.63, 3.8) is 0 Å². The van der Waals surface area contributed by atoms with E-state index in [2.05, 4.69) is 15.6 Å². The van der Waals surface area contributed by atoms with E-state index in [9.17, 15) is 14.3 Å². The summed E-state index contributed by atoms with van der Waals surface area (Å²) in [6, 6.07) is 4.22. The number of carbonyl (C=O) groups is 1. The van der Waals surface area contributed by atoms with E-state index in [1.807, 2.05) is 0 Å². The molecule has 0 aliphatic carbocycles. The molecule has 0 spiro atoms.